The van der Waals surface area contributed by atoms with Gasteiger partial charge in [0.15, 0.2) is 0 Å². The molecule has 1 atom stereocenters. The molecule has 0 spiro atoms. The second kappa shape index (κ2) is 6.37. The summed E-state index contributed by atoms with van der Waals surface area (Å²) in [5, 5.41) is 2.95. The van der Waals surface area contributed by atoms with E-state index < -0.39 is 0 Å². The Bertz CT molecular complexity index is 723. The fraction of sp³-hybridized carbons (Fsp3) is 0.300. The summed E-state index contributed by atoms with van der Waals surface area (Å²) in [6.45, 7) is 2.01. The quantitative estimate of drug-likeness (QED) is 0.944. The molecule has 2 aromatic carbocycles. The zero-order valence-corrected chi connectivity index (χ0v) is 13.3. The Balaban J connectivity index is 2.04. The molecule has 118 valence electrons. The second-order valence-electron chi connectivity index (χ2n) is 6.40. The van der Waals surface area contributed by atoms with Crippen LogP contribution in [-0.4, -0.2) is 18.2 Å². The van der Waals surface area contributed by atoms with E-state index in [1.807, 2.05) is 36.4 Å². The van der Waals surface area contributed by atoms with Gasteiger partial charge in [-0.3, -0.25) is 9.59 Å². The molecule has 0 heterocycles. The van der Waals surface area contributed by atoms with Gasteiger partial charge in [-0.1, -0.05) is 54.6 Å². The van der Waals surface area contributed by atoms with E-state index in [2.05, 4.69) is 23.5 Å². The van der Waals surface area contributed by atoms with Crippen molar-refractivity contribution in [1.29, 1.82) is 0 Å². The molecule has 3 rings (SSSR count). The minimum absolute atomic E-state index is 0.0621. The van der Waals surface area contributed by atoms with Crippen LogP contribution in [0, 0.1) is 0 Å². The number of Topliss-reactive ketones (excluding diaryl/α,β-unsaturated/α-hetero) is 1. The number of carbonyl (C=O) groups is 2. The molecule has 0 aromatic heterocycles. The summed E-state index contributed by atoms with van der Waals surface area (Å²) in [5.74, 6) is 0.179. The summed E-state index contributed by atoms with van der Waals surface area (Å²) < 4.78 is 0. The number of fused-ring (bicyclic) bond motifs is 1. The molecule has 1 unspecified atom stereocenters. The molecule has 0 bridgehead atoms. The summed E-state index contributed by atoms with van der Waals surface area (Å²) in [4.78, 5) is 23.8. The predicted octanol–water partition coefficient (Wildman–Crippen LogP) is 2.82. The highest BCUT2D eigenvalue weighted by atomic mass is 16.1. The van der Waals surface area contributed by atoms with Gasteiger partial charge in [0.2, 0.25) is 5.91 Å². The van der Waals surface area contributed by atoms with Gasteiger partial charge in [-0.15, -0.1) is 0 Å². The van der Waals surface area contributed by atoms with Crippen LogP contribution in [0.15, 0.2) is 54.6 Å². The van der Waals surface area contributed by atoms with Crippen LogP contribution in [0.4, 0.5) is 0 Å². The molecule has 1 amide bonds. The third-order valence-electron chi connectivity index (χ3n) is 4.57. The average Bonchev–Trinajstić information content (AvgIpc) is 2.54. The molecule has 23 heavy (non-hydrogen) atoms. The van der Waals surface area contributed by atoms with Gasteiger partial charge in [0.05, 0.1) is 0 Å². The lowest BCUT2D eigenvalue weighted by Crippen LogP contribution is -2.46. The molecule has 1 aliphatic rings. The van der Waals surface area contributed by atoms with Crippen molar-refractivity contribution in [2.75, 3.05) is 6.54 Å². The molecule has 0 saturated carbocycles. The van der Waals surface area contributed by atoms with Gasteiger partial charge in [-0.25, -0.2) is 0 Å². The molecule has 3 heteroatoms. The Morgan fingerprint density at radius 1 is 1.09 bits per heavy atom. The number of ketones is 1. The highest BCUT2D eigenvalue weighted by Crippen LogP contribution is 2.38. The fourth-order valence-corrected chi connectivity index (χ4v) is 3.60. The number of benzene rings is 2. The van der Waals surface area contributed by atoms with Crippen LogP contribution >= 0.6 is 0 Å². The highest BCUT2D eigenvalue weighted by Gasteiger charge is 2.40. The number of hydrogen-bond donors (Lipinski definition) is 1. The summed E-state index contributed by atoms with van der Waals surface area (Å²) in [6, 6.07) is 18.3. The topological polar surface area (TPSA) is 46.2 Å². The van der Waals surface area contributed by atoms with Crippen LogP contribution in [-0.2, 0) is 27.8 Å². The van der Waals surface area contributed by atoms with Crippen LogP contribution < -0.4 is 5.32 Å². The van der Waals surface area contributed by atoms with Gasteiger partial charge >= 0.3 is 0 Å². The molecular weight excluding hydrogens is 286 g/mol. The molecule has 2 aromatic rings. The molecule has 0 fully saturated rings. The molecular formula is C20H21NO2. The van der Waals surface area contributed by atoms with Gasteiger partial charge in [-0.05, 0) is 23.1 Å². The van der Waals surface area contributed by atoms with E-state index in [0.29, 0.717) is 19.4 Å². The lowest BCUT2D eigenvalue weighted by Gasteiger charge is -2.39. The average molecular weight is 307 g/mol. The molecule has 3 nitrogen and oxygen atoms in total. The van der Waals surface area contributed by atoms with Gasteiger partial charge < -0.3 is 5.32 Å². The molecule has 0 saturated heterocycles. The van der Waals surface area contributed by atoms with Gasteiger partial charge in [-0.2, -0.15) is 0 Å². The first-order valence-corrected chi connectivity index (χ1v) is 7.97. The molecule has 1 N–H and O–H groups in total. The molecule has 0 radical (unpaired) electrons. The largest absolute Gasteiger partial charge is 0.355 e. The lowest BCUT2D eigenvalue weighted by molar-refractivity contribution is -0.122. The van der Waals surface area contributed by atoms with Crippen LogP contribution in [0.25, 0.3) is 0 Å². The zero-order valence-electron chi connectivity index (χ0n) is 13.3. The van der Waals surface area contributed by atoms with Gasteiger partial charge in [0.25, 0.3) is 0 Å². The third kappa shape index (κ3) is 3.34. The van der Waals surface area contributed by atoms with Crippen LogP contribution in [0.3, 0.4) is 0 Å². The van der Waals surface area contributed by atoms with Gasteiger partial charge in [0, 0.05) is 31.7 Å². The maximum atomic E-state index is 12.4. The fourth-order valence-electron chi connectivity index (χ4n) is 3.60. The van der Waals surface area contributed by atoms with E-state index in [0.717, 1.165) is 12.0 Å². The zero-order chi connectivity index (χ0) is 16.3. The summed E-state index contributed by atoms with van der Waals surface area (Å²) >= 11 is 0. The maximum Gasteiger partial charge on any atom is 0.216 e. The van der Waals surface area contributed by atoms with E-state index in [4.69, 9.17) is 0 Å². The van der Waals surface area contributed by atoms with E-state index >= 15 is 0 Å². The number of carbonyl (C=O) groups excluding carboxylic acids is 2. The van der Waals surface area contributed by atoms with E-state index in [9.17, 15) is 9.59 Å². The van der Waals surface area contributed by atoms with Crippen LogP contribution in [0.1, 0.15) is 30.0 Å². The number of nitrogens with one attached hydrogen (secondary N) is 1. The predicted molar refractivity (Wildman–Crippen MR) is 90.3 cm³/mol. The Hall–Kier alpha value is -2.42. The van der Waals surface area contributed by atoms with Crippen molar-refractivity contribution in [3.63, 3.8) is 0 Å². The van der Waals surface area contributed by atoms with Crippen molar-refractivity contribution < 1.29 is 9.59 Å². The normalized spacial score (nSPS) is 20.0. The number of hydrogen-bond acceptors (Lipinski definition) is 2. The Labute approximate surface area is 136 Å². The summed E-state index contributed by atoms with van der Waals surface area (Å²) in [7, 11) is 0. The minimum atomic E-state index is -0.362. The van der Waals surface area contributed by atoms with Crippen LogP contribution in [0.2, 0.25) is 0 Å². The summed E-state index contributed by atoms with van der Waals surface area (Å²) in [5.41, 5.74) is 3.10. The second-order valence-corrected chi connectivity index (χ2v) is 6.40. The Morgan fingerprint density at radius 3 is 2.52 bits per heavy atom. The first-order valence-electron chi connectivity index (χ1n) is 7.97. The van der Waals surface area contributed by atoms with E-state index in [1.54, 1.807) is 0 Å². The van der Waals surface area contributed by atoms with Crippen molar-refractivity contribution >= 4 is 11.7 Å². The van der Waals surface area contributed by atoms with E-state index in [-0.39, 0.29) is 17.1 Å². The lowest BCUT2D eigenvalue weighted by atomic mass is 9.66. The van der Waals surface area contributed by atoms with E-state index in [1.165, 1.54) is 18.1 Å². The molecule has 0 aliphatic heterocycles. The van der Waals surface area contributed by atoms with Crippen molar-refractivity contribution in [3.8, 4) is 0 Å². The van der Waals surface area contributed by atoms with Crippen LogP contribution in [0.5, 0.6) is 0 Å². The third-order valence-corrected chi connectivity index (χ3v) is 4.57. The number of amides is 1. The first-order chi connectivity index (χ1) is 11.1. The summed E-state index contributed by atoms with van der Waals surface area (Å²) in [6.07, 6.45) is 1.71. The van der Waals surface area contributed by atoms with Crippen molar-refractivity contribution in [2.24, 2.45) is 0 Å². The molecule has 1 aliphatic carbocycles. The highest BCUT2D eigenvalue weighted by molar-refractivity contribution is 5.85. The monoisotopic (exact) mass is 307 g/mol. The smallest absolute Gasteiger partial charge is 0.216 e. The maximum absolute atomic E-state index is 12.4. The van der Waals surface area contributed by atoms with Crippen molar-refractivity contribution in [3.05, 3.63) is 71.3 Å². The number of rotatable bonds is 4. The van der Waals surface area contributed by atoms with Crippen molar-refractivity contribution in [1.82, 2.24) is 5.32 Å². The Morgan fingerprint density at radius 2 is 1.78 bits per heavy atom. The first kappa shape index (κ1) is 15.5. The van der Waals surface area contributed by atoms with Crippen molar-refractivity contribution in [2.45, 2.75) is 31.6 Å². The van der Waals surface area contributed by atoms with Gasteiger partial charge in [0.1, 0.15) is 5.78 Å². The Kier molecular flexibility index (Phi) is 4.28. The minimum Gasteiger partial charge on any atom is -0.355 e. The standard InChI is InChI=1S/C20H21NO2/c1-15(22)21-14-20(12-16-7-3-2-4-8-16)13-18(23)11-17-9-5-6-10-19(17)20/h2-10H,11-14H2,1H3,(H,21,22). The SMILES string of the molecule is CC(=O)NCC1(Cc2ccccc2)CC(=O)Cc2ccccc21.